The monoisotopic (exact) mass is 281 g/mol. The summed E-state index contributed by atoms with van der Waals surface area (Å²) >= 11 is 0. The van der Waals surface area contributed by atoms with Crippen LogP contribution >= 0.6 is 0 Å². The number of hydrogen-bond donors (Lipinski definition) is 3. The lowest BCUT2D eigenvalue weighted by Crippen LogP contribution is -2.29. The Hall–Kier alpha value is -2.29. The molecule has 0 aliphatic heterocycles. The van der Waals surface area contributed by atoms with E-state index in [1.54, 1.807) is 0 Å². The van der Waals surface area contributed by atoms with Crippen molar-refractivity contribution in [3.05, 3.63) is 59.7 Å². The van der Waals surface area contributed by atoms with E-state index < -0.39 is 0 Å². The molecule has 1 unspecified atom stereocenters. The molecule has 2 aromatic carbocycles. The number of nitrogens with one attached hydrogen (secondary N) is 2. The molecule has 0 aliphatic rings. The first-order chi connectivity index (χ1) is 10.1. The summed E-state index contributed by atoms with van der Waals surface area (Å²) in [7, 11) is 0. The maximum atomic E-state index is 7.16. The summed E-state index contributed by atoms with van der Waals surface area (Å²) in [6.07, 6.45) is 1.16. The van der Waals surface area contributed by atoms with E-state index >= 15 is 0 Å². The van der Waals surface area contributed by atoms with Crippen LogP contribution < -0.4 is 11.1 Å². The highest BCUT2D eigenvalue weighted by Crippen LogP contribution is 2.24. The van der Waals surface area contributed by atoms with Gasteiger partial charge in [-0.3, -0.25) is 5.41 Å². The van der Waals surface area contributed by atoms with E-state index in [1.807, 2.05) is 0 Å². The Labute approximate surface area is 126 Å². The second-order valence-corrected chi connectivity index (χ2v) is 5.40. The predicted octanol–water partition coefficient (Wildman–Crippen LogP) is 3.85. The Bertz CT molecular complexity index is 585. The van der Waals surface area contributed by atoms with Crippen molar-refractivity contribution >= 4 is 5.96 Å². The Balaban J connectivity index is 2.09. The van der Waals surface area contributed by atoms with Crippen molar-refractivity contribution in [1.29, 1.82) is 5.41 Å². The predicted molar refractivity (Wildman–Crippen MR) is 89.3 cm³/mol. The molecule has 3 nitrogen and oxygen atoms in total. The van der Waals surface area contributed by atoms with Crippen molar-refractivity contribution in [2.45, 2.75) is 32.7 Å². The number of hydrogen-bond acceptors (Lipinski definition) is 1. The average molecular weight is 281 g/mol. The highest BCUT2D eigenvalue weighted by atomic mass is 15.0. The second-order valence-electron chi connectivity index (χ2n) is 5.40. The molecule has 4 N–H and O–H groups in total. The molecule has 0 radical (unpaired) electrons. The van der Waals surface area contributed by atoms with Crippen LogP contribution in [0.3, 0.4) is 0 Å². The van der Waals surface area contributed by atoms with Gasteiger partial charge in [-0.25, -0.2) is 0 Å². The van der Waals surface area contributed by atoms with Gasteiger partial charge < -0.3 is 11.1 Å². The van der Waals surface area contributed by atoms with Gasteiger partial charge in [0.25, 0.3) is 0 Å². The normalized spacial score (nSPS) is 11.9. The van der Waals surface area contributed by atoms with Gasteiger partial charge in [0.05, 0.1) is 0 Å². The van der Waals surface area contributed by atoms with Crippen LogP contribution in [0.2, 0.25) is 0 Å². The second kappa shape index (κ2) is 6.93. The maximum absolute atomic E-state index is 7.16. The fourth-order valence-electron chi connectivity index (χ4n) is 2.25. The Morgan fingerprint density at radius 3 is 2.05 bits per heavy atom. The molecule has 0 aliphatic carbocycles. The zero-order valence-corrected chi connectivity index (χ0v) is 12.7. The van der Waals surface area contributed by atoms with Gasteiger partial charge >= 0.3 is 0 Å². The molecule has 21 heavy (non-hydrogen) atoms. The van der Waals surface area contributed by atoms with E-state index in [-0.39, 0.29) is 5.96 Å². The lowest BCUT2D eigenvalue weighted by molar-refractivity contribution is 0.734. The Morgan fingerprint density at radius 2 is 1.57 bits per heavy atom. The zero-order chi connectivity index (χ0) is 15.2. The average Bonchev–Trinajstić information content (AvgIpc) is 2.53. The minimum absolute atomic E-state index is 0.000269. The molecular formula is C18H23N3. The van der Waals surface area contributed by atoms with Crippen LogP contribution in [0.5, 0.6) is 0 Å². The molecule has 0 aromatic heterocycles. The summed E-state index contributed by atoms with van der Waals surface area (Å²) in [5.41, 5.74) is 10.2. The van der Waals surface area contributed by atoms with Gasteiger partial charge in [0.2, 0.25) is 0 Å². The highest BCUT2D eigenvalue weighted by molar-refractivity contribution is 5.74. The Morgan fingerprint density at radius 1 is 1.05 bits per heavy atom. The molecule has 0 saturated heterocycles. The van der Waals surface area contributed by atoms with E-state index in [1.165, 1.54) is 16.7 Å². The third-order valence-electron chi connectivity index (χ3n) is 3.86. The first-order valence-electron chi connectivity index (χ1n) is 7.37. The van der Waals surface area contributed by atoms with Crippen molar-refractivity contribution in [3.8, 4) is 11.1 Å². The van der Waals surface area contributed by atoms with Crippen molar-refractivity contribution in [2.24, 2.45) is 5.73 Å². The number of guanidine groups is 1. The van der Waals surface area contributed by atoms with Crippen LogP contribution in [0.15, 0.2) is 48.5 Å². The smallest absolute Gasteiger partial charge is 0.185 e. The fourth-order valence-corrected chi connectivity index (χ4v) is 2.25. The quantitative estimate of drug-likeness (QED) is 0.576. The Kier molecular flexibility index (Phi) is 4.99. The van der Waals surface area contributed by atoms with Crippen LogP contribution in [-0.4, -0.2) is 5.96 Å². The van der Waals surface area contributed by atoms with Crippen LogP contribution in [0.4, 0.5) is 0 Å². The summed E-state index contributed by atoms with van der Waals surface area (Å²) in [4.78, 5) is 0. The zero-order valence-electron chi connectivity index (χ0n) is 12.7. The first kappa shape index (κ1) is 15.1. The molecule has 3 heteroatoms. The summed E-state index contributed by atoms with van der Waals surface area (Å²) in [5.74, 6) is 0.610. The van der Waals surface area contributed by atoms with E-state index in [4.69, 9.17) is 11.1 Å². The number of nitrogens with two attached hydrogens (primary N) is 1. The maximum Gasteiger partial charge on any atom is 0.185 e. The fraction of sp³-hybridized carbons (Fsp3) is 0.278. The van der Waals surface area contributed by atoms with Crippen LogP contribution in [0.1, 0.15) is 37.3 Å². The molecule has 1 atom stereocenters. The van der Waals surface area contributed by atoms with Crippen molar-refractivity contribution in [2.75, 3.05) is 0 Å². The van der Waals surface area contributed by atoms with Crippen LogP contribution in [-0.2, 0) is 6.54 Å². The van der Waals surface area contributed by atoms with Gasteiger partial charge in [0.1, 0.15) is 0 Å². The summed E-state index contributed by atoms with van der Waals surface area (Å²) < 4.78 is 0. The molecule has 0 amide bonds. The minimum atomic E-state index is -0.000269. The largest absolute Gasteiger partial charge is 0.370 e. The van der Waals surface area contributed by atoms with Crippen molar-refractivity contribution in [1.82, 2.24) is 5.32 Å². The van der Waals surface area contributed by atoms with Crippen molar-refractivity contribution in [3.63, 3.8) is 0 Å². The lowest BCUT2D eigenvalue weighted by Gasteiger charge is -2.10. The molecule has 110 valence electrons. The van der Waals surface area contributed by atoms with E-state index in [0.29, 0.717) is 12.5 Å². The van der Waals surface area contributed by atoms with Gasteiger partial charge in [-0.1, -0.05) is 62.4 Å². The van der Waals surface area contributed by atoms with Gasteiger partial charge in [-0.2, -0.15) is 0 Å². The summed E-state index contributed by atoms with van der Waals surface area (Å²) in [6.45, 7) is 5.06. The summed E-state index contributed by atoms with van der Waals surface area (Å²) in [5, 5.41) is 9.97. The number of rotatable bonds is 5. The molecule has 0 fully saturated rings. The molecule has 0 heterocycles. The highest BCUT2D eigenvalue weighted by Gasteiger charge is 2.03. The molecule has 2 aromatic rings. The van der Waals surface area contributed by atoms with E-state index in [2.05, 4.69) is 67.7 Å². The molecule has 2 rings (SSSR count). The lowest BCUT2D eigenvalue weighted by atomic mass is 9.95. The first-order valence-corrected chi connectivity index (χ1v) is 7.37. The molecule has 0 bridgehead atoms. The molecule has 0 spiro atoms. The standard InChI is InChI=1S/C18H23N3/c1-3-13(2)15-8-10-17(11-9-15)16-6-4-14(5-7-16)12-21-18(19)20/h4-11,13H,3,12H2,1-2H3,(H4,19,20,21). The van der Waals surface area contributed by atoms with Gasteiger partial charge in [0, 0.05) is 6.54 Å². The molecular weight excluding hydrogens is 258 g/mol. The third-order valence-corrected chi connectivity index (χ3v) is 3.86. The van der Waals surface area contributed by atoms with Crippen molar-refractivity contribution < 1.29 is 0 Å². The van der Waals surface area contributed by atoms with Gasteiger partial charge in [0.15, 0.2) is 5.96 Å². The van der Waals surface area contributed by atoms with E-state index in [9.17, 15) is 0 Å². The van der Waals surface area contributed by atoms with Crippen LogP contribution in [0, 0.1) is 5.41 Å². The third kappa shape index (κ3) is 4.09. The van der Waals surface area contributed by atoms with Gasteiger partial charge in [-0.15, -0.1) is 0 Å². The number of benzene rings is 2. The SMILES string of the molecule is CCC(C)c1ccc(-c2ccc(CNC(=N)N)cc2)cc1. The molecule has 0 saturated carbocycles. The van der Waals surface area contributed by atoms with E-state index in [0.717, 1.165) is 12.0 Å². The van der Waals surface area contributed by atoms with Crippen LogP contribution in [0.25, 0.3) is 11.1 Å². The minimum Gasteiger partial charge on any atom is -0.370 e. The summed E-state index contributed by atoms with van der Waals surface area (Å²) in [6, 6.07) is 17.1. The van der Waals surface area contributed by atoms with Gasteiger partial charge in [-0.05, 0) is 34.6 Å². The topological polar surface area (TPSA) is 61.9 Å².